The molecular weight excluding hydrogens is 359 g/mol. The molecule has 0 spiro atoms. The first kappa shape index (κ1) is 19.9. The zero-order valence-corrected chi connectivity index (χ0v) is 16.2. The number of benzene rings is 2. The number of rotatable bonds is 5. The maximum absolute atomic E-state index is 13.0. The van der Waals surface area contributed by atoms with Crippen molar-refractivity contribution in [3.63, 3.8) is 0 Å². The highest BCUT2D eigenvalue weighted by Crippen LogP contribution is 2.17. The number of methoxy groups -OCH3 is 1. The molecule has 1 unspecified atom stereocenters. The van der Waals surface area contributed by atoms with Gasteiger partial charge in [0, 0.05) is 37.7 Å². The average molecular weight is 384 g/mol. The van der Waals surface area contributed by atoms with E-state index in [4.69, 9.17) is 4.74 Å². The maximum Gasteiger partial charge on any atom is 0.253 e. The molecule has 5 nitrogen and oxygen atoms in total. The summed E-state index contributed by atoms with van der Waals surface area (Å²) in [5.41, 5.74) is 1.56. The van der Waals surface area contributed by atoms with E-state index in [9.17, 15) is 14.0 Å². The van der Waals surface area contributed by atoms with Crippen molar-refractivity contribution in [2.45, 2.75) is 13.3 Å². The van der Waals surface area contributed by atoms with Gasteiger partial charge in [-0.1, -0.05) is 19.1 Å². The zero-order valence-electron chi connectivity index (χ0n) is 16.2. The Morgan fingerprint density at radius 2 is 1.54 bits per heavy atom. The van der Waals surface area contributed by atoms with E-state index in [1.54, 1.807) is 48.4 Å². The summed E-state index contributed by atoms with van der Waals surface area (Å²) < 4.78 is 18.1. The van der Waals surface area contributed by atoms with Crippen LogP contribution in [0, 0.1) is 11.7 Å². The summed E-state index contributed by atoms with van der Waals surface area (Å²) >= 11 is 0. The van der Waals surface area contributed by atoms with E-state index < -0.39 is 0 Å². The molecule has 1 aliphatic heterocycles. The summed E-state index contributed by atoms with van der Waals surface area (Å²) in [6, 6.07) is 13.3. The van der Waals surface area contributed by atoms with E-state index >= 15 is 0 Å². The van der Waals surface area contributed by atoms with E-state index in [0.717, 1.165) is 5.56 Å². The second kappa shape index (κ2) is 8.87. The Labute approximate surface area is 164 Å². The average Bonchev–Trinajstić information content (AvgIpc) is 2.74. The highest BCUT2D eigenvalue weighted by atomic mass is 19.1. The summed E-state index contributed by atoms with van der Waals surface area (Å²) in [7, 11) is 1.59. The van der Waals surface area contributed by atoms with Crippen LogP contribution in [0.2, 0.25) is 0 Å². The molecule has 1 fully saturated rings. The second-order valence-electron chi connectivity index (χ2n) is 7.08. The second-order valence-corrected chi connectivity index (χ2v) is 7.08. The summed E-state index contributed by atoms with van der Waals surface area (Å²) in [5, 5.41) is 0. The van der Waals surface area contributed by atoms with Crippen molar-refractivity contribution >= 4 is 11.8 Å². The first-order chi connectivity index (χ1) is 13.5. The molecule has 2 amide bonds. The predicted molar refractivity (Wildman–Crippen MR) is 105 cm³/mol. The minimum absolute atomic E-state index is 0.0332. The van der Waals surface area contributed by atoms with Gasteiger partial charge in [-0.25, -0.2) is 4.39 Å². The van der Waals surface area contributed by atoms with Gasteiger partial charge in [0.15, 0.2) is 0 Å². The normalized spacial score (nSPS) is 15.2. The highest BCUT2D eigenvalue weighted by Gasteiger charge is 2.27. The fraction of sp³-hybridized carbons (Fsp3) is 0.364. The van der Waals surface area contributed by atoms with Gasteiger partial charge in [0.05, 0.1) is 7.11 Å². The lowest BCUT2D eigenvalue weighted by Crippen LogP contribution is -2.51. The van der Waals surface area contributed by atoms with Crippen molar-refractivity contribution in [2.75, 3.05) is 33.3 Å². The monoisotopic (exact) mass is 384 g/mol. The minimum atomic E-state index is -0.277. The smallest absolute Gasteiger partial charge is 0.253 e. The van der Waals surface area contributed by atoms with Crippen LogP contribution in [0.5, 0.6) is 5.75 Å². The molecular formula is C22H25FN2O3. The van der Waals surface area contributed by atoms with Crippen molar-refractivity contribution in [3.8, 4) is 5.75 Å². The van der Waals surface area contributed by atoms with Crippen molar-refractivity contribution in [3.05, 3.63) is 65.5 Å². The van der Waals surface area contributed by atoms with Gasteiger partial charge in [0.1, 0.15) is 11.6 Å². The Hall–Kier alpha value is -2.89. The fourth-order valence-corrected chi connectivity index (χ4v) is 3.42. The Balaban J connectivity index is 1.52. The molecule has 0 bridgehead atoms. The van der Waals surface area contributed by atoms with Crippen LogP contribution < -0.4 is 4.74 Å². The Kier molecular flexibility index (Phi) is 6.29. The number of carbonyl (C=O) groups excluding carboxylic acids is 2. The van der Waals surface area contributed by atoms with Gasteiger partial charge in [-0.05, 0) is 48.4 Å². The van der Waals surface area contributed by atoms with Gasteiger partial charge < -0.3 is 14.5 Å². The molecule has 1 saturated heterocycles. The summed E-state index contributed by atoms with van der Waals surface area (Å²) in [4.78, 5) is 28.9. The molecule has 0 saturated carbocycles. The van der Waals surface area contributed by atoms with Crippen LogP contribution in [0.4, 0.5) is 4.39 Å². The van der Waals surface area contributed by atoms with Gasteiger partial charge >= 0.3 is 0 Å². The Morgan fingerprint density at radius 3 is 2.11 bits per heavy atom. The molecule has 1 atom stereocenters. The lowest BCUT2D eigenvalue weighted by atomic mass is 9.99. The van der Waals surface area contributed by atoms with Gasteiger partial charge in [-0.2, -0.15) is 0 Å². The largest absolute Gasteiger partial charge is 0.497 e. The molecule has 1 heterocycles. The van der Waals surface area contributed by atoms with Crippen molar-refractivity contribution < 1.29 is 18.7 Å². The minimum Gasteiger partial charge on any atom is -0.497 e. The van der Waals surface area contributed by atoms with Crippen molar-refractivity contribution in [1.29, 1.82) is 0 Å². The third kappa shape index (κ3) is 4.68. The van der Waals surface area contributed by atoms with Crippen LogP contribution >= 0.6 is 0 Å². The molecule has 3 rings (SSSR count). The van der Waals surface area contributed by atoms with E-state index in [1.807, 2.05) is 11.8 Å². The highest BCUT2D eigenvalue weighted by molar-refractivity contribution is 5.94. The van der Waals surface area contributed by atoms with Crippen LogP contribution in [-0.4, -0.2) is 54.9 Å². The number of hydrogen-bond acceptors (Lipinski definition) is 3. The lowest BCUT2D eigenvalue weighted by molar-refractivity contribution is -0.136. The fourth-order valence-electron chi connectivity index (χ4n) is 3.42. The summed E-state index contributed by atoms with van der Waals surface area (Å²) in [6.45, 7) is 3.96. The molecule has 0 N–H and O–H groups in total. The lowest BCUT2D eigenvalue weighted by Gasteiger charge is -2.36. The zero-order chi connectivity index (χ0) is 20.1. The Morgan fingerprint density at radius 1 is 0.964 bits per heavy atom. The SMILES string of the molecule is COc1ccc(C(=O)N2CCN(C(=O)C(C)Cc3ccc(F)cc3)CC2)cc1. The van der Waals surface area contributed by atoms with Gasteiger partial charge in [-0.15, -0.1) is 0 Å². The van der Waals surface area contributed by atoms with Crippen LogP contribution in [-0.2, 0) is 11.2 Å². The van der Waals surface area contributed by atoms with E-state index in [1.165, 1.54) is 12.1 Å². The molecule has 148 valence electrons. The topological polar surface area (TPSA) is 49.9 Å². The third-order valence-electron chi connectivity index (χ3n) is 5.09. The van der Waals surface area contributed by atoms with Crippen LogP contribution in [0.1, 0.15) is 22.8 Å². The third-order valence-corrected chi connectivity index (χ3v) is 5.09. The standard InChI is InChI=1S/C22H25FN2O3/c1-16(15-17-3-7-19(23)8-4-17)21(26)24-11-13-25(14-12-24)22(27)18-5-9-20(28-2)10-6-18/h3-10,16H,11-15H2,1-2H3. The first-order valence-corrected chi connectivity index (χ1v) is 9.44. The quantitative estimate of drug-likeness (QED) is 0.796. The van der Waals surface area contributed by atoms with Crippen LogP contribution in [0.3, 0.4) is 0 Å². The van der Waals surface area contributed by atoms with E-state index in [0.29, 0.717) is 43.9 Å². The number of nitrogens with zero attached hydrogens (tertiary/aromatic N) is 2. The maximum atomic E-state index is 13.0. The van der Waals surface area contributed by atoms with Gasteiger partial charge in [0.2, 0.25) is 5.91 Å². The van der Waals surface area contributed by atoms with Crippen molar-refractivity contribution in [2.24, 2.45) is 5.92 Å². The number of piperazine rings is 1. The molecule has 2 aromatic rings. The number of ether oxygens (including phenoxy) is 1. The molecule has 2 aromatic carbocycles. The molecule has 28 heavy (non-hydrogen) atoms. The summed E-state index contributed by atoms with van der Waals surface area (Å²) in [5.74, 6) is 0.284. The molecule has 1 aliphatic rings. The molecule has 0 aliphatic carbocycles. The molecule has 6 heteroatoms. The number of carbonyl (C=O) groups is 2. The first-order valence-electron chi connectivity index (χ1n) is 9.44. The predicted octanol–water partition coefficient (Wildman–Crippen LogP) is 3.00. The number of hydrogen-bond donors (Lipinski definition) is 0. The van der Waals surface area contributed by atoms with E-state index in [-0.39, 0.29) is 23.5 Å². The van der Waals surface area contributed by atoms with Gasteiger partial charge in [0.25, 0.3) is 5.91 Å². The Bertz CT molecular complexity index is 813. The van der Waals surface area contributed by atoms with Gasteiger partial charge in [-0.3, -0.25) is 9.59 Å². The molecule has 0 radical (unpaired) electrons. The molecule has 0 aromatic heterocycles. The van der Waals surface area contributed by atoms with Crippen LogP contribution in [0.25, 0.3) is 0 Å². The van der Waals surface area contributed by atoms with Crippen molar-refractivity contribution in [1.82, 2.24) is 9.80 Å². The van der Waals surface area contributed by atoms with E-state index in [2.05, 4.69) is 0 Å². The number of halogens is 1. The van der Waals surface area contributed by atoms with Crippen LogP contribution in [0.15, 0.2) is 48.5 Å². The summed E-state index contributed by atoms with van der Waals surface area (Å²) in [6.07, 6.45) is 0.574. The number of amides is 2.